The van der Waals surface area contributed by atoms with Gasteiger partial charge in [0, 0.05) is 6.61 Å². The standard InChI is InChI=1S/C11H20O5/c1-4-7-16-9(11(13)15-6-3)8-10(12)14-5-2/h9H,4-8H2,1-3H3. The molecular formula is C11H20O5. The van der Waals surface area contributed by atoms with E-state index in [1.54, 1.807) is 13.8 Å². The van der Waals surface area contributed by atoms with E-state index in [0.717, 1.165) is 6.42 Å². The summed E-state index contributed by atoms with van der Waals surface area (Å²) in [6, 6.07) is 0. The number of rotatable bonds is 8. The van der Waals surface area contributed by atoms with Gasteiger partial charge in [-0.3, -0.25) is 4.79 Å². The number of carbonyl (C=O) groups excluding carboxylic acids is 2. The molecule has 0 aromatic carbocycles. The second-order valence-electron chi connectivity index (χ2n) is 3.12. The highest BCUT2D eigenvalue weighted by atomic mass is 16.6. The largest absolute Gasteiger partial charge is 0.466 e. The molecule has 0 saturated heterocycles. The zero-order valence-corrected chi connectivity index (χ0v) is 10.2. The molecule has 0 aromatic heterocycles. The molecule has 0 radical (unpaired) electrons. The smallest absolute Gasteiger partial charge is 0.335 e. The number of carbonyl (C=O) groups is 2. The molecule has 0 amide bonds. The first-order valence-electron chi connectivity index (χ1n) is 5.59. The lowest BCUT2D eigenvalue weighted by atomic mass is 10.2. The van der Waals surface area contributed by atoms with Crippen molar-refractivity contribution in [3.05, 3.63) is 0 Å². The van der Waals surface area contributed by atoms with E-state index in [-0.39, 0.29) is 13.0 Å². The van der Waals surface area contributed by atoms with Crippen molar-refractivity contribution in [3.63, 3.8) is 0 Å². The molecule has 0 bridgehead atoms. The highest BCUT2D eigenvalue weighted by Gasteiger charge is 2.24. The molecule has 0 heterocycles. The molecule has 94 valence electrons. The molecule has 0 aromatic rings. The van der Waals surface area contributed by atoms with E-state index < -0.39 is 18.0 Å². The van der Waals surface area contributed by atoms with Crippen LogP contribution in [0.2, 0.25) is 0 Å². The summed E-state index contributed by atoms with van der Waals surface area (Å²) in [5.74, 6) is -0.958. The van der Waals surface area contributed by atoms with Crippen LogP contribution in [0.25, 0.3) is 0 Å². The lowest BCUT2D eigenvalue weighted by molar-refractivity contribution is -0.163. The number of esters is 2. The third-order valence-electron chi connectivity index (χ3n) is 1.73. The molecule has 0 aliphatic heterocycles. The van der Waals surface area contributed by atoms with Gasteiger partial charge in [-0.25, -0.2) is 4.79 Å². The van der Waals surface area contributed by atoms with Crippen LogP contribution in [0.4, 0.5) is 0 Å². The Labute approximate surface area is 96.1 Å². The zero-order valence-electron chi connectivity index (χ0n) is 10.2. The van der Waals surface area contributed by atoms with Crippen molar-refractivity contribution >= 4 is 11.9 Å². The van der Waals surface area contributed by atoms with Crippen LogP contribution in [0.15, 0.2) is 0 Å². The minimum absolute atomic E-state index is 0.0906. The minimum Gasteiger partial charge on any atom is -0.466 e. The average molecular weight is 232 g/mol. The zero-order chi connectivity index (χ0) is 12.4. The molecule has 0 fully saturated rings. The first-order chi connectivity index (χ1) is 7.65. The van der Waals surface area contributed by atoms with Crippen molar-refractivity contribution in [2.75, 3.05) is 19.8 Å². The van der Waals surface area contributed by atoms with Gasteiger partial charge in [0.1, 0.15) is 0 Å². The molecule has 1 unspecified atom stereocenters. The van der Waals surface area contributed by atoms with Gasteiger partial charge in [0.25, 0.3) is 0 Å². The van der Waals surface area contributed by atoms with Crippen LogP contribution in [0, 0.1) is 0 Å². The van der Waals surface area contributed by atoms with Gasteiger partial charge in [0.15, 0.2) is 6.10 Å². The van der Waals surface area contributed by atoms with Gasteiger partial charge in [0.05, 0.1) is 19.6 Å². The van der Waals surface area contributed by atoms with Gasteiger partial charge in [-0.05, 0) is 20.3 Å². The van der Waals surface area contributed by atoms with Gasteiger partial charge in [0.2, 0.25) is 0 Å². The number of hydrogen-bond donors (Lipinski definition) is 0. The summed E-state index contributed by atoms with van der Waals surface area (Å²) < 4.78 is 14.8. The van der Waals surface area contributed by atoms with Crippen LogP contribution < -0.4 is 0 Å². The normalized spacial score (nSPS) is 11.9. The van der Waals surface area contributed by atoms with Gasteiger partial charge in [-0.1, -0.05) is 6.92 Å². The highest BCUT2D eigenvalue weighted by Crippen LogP contribution is 2.04. The predicted molar refractivity (Wildman–Crippen MR) is 57.9 cm³/mol. The maximum absolute atomic E-state index is 11.4. The monoisotopic (exact) mass is 232 g/mol. The van der Waals surface area contributed by atoms with Crippen LogP contribution >= 0.6 is 0 Å². The summed E-state index contributed by atoms with van der Waals surface area (Å²) in [6.45, 7) is 6.33. The van der Waals surface area contributed by atoms with Crippen LogP contribution in [0.3, 0.4) is 0 Å². The fraction of sp³-hybridized carbons (Fsp3) is 0.818. The Morgan fingerprint density at radius 1 is 1.06 bits per heavy atom. The van der Waals surface area contributed by atoms with E-state index in [0.29, 0.717) is 13.2 Å². The Morgan fingerprint density at radius 2 is 1.69 bits per heavy atom. The van der Waals surface area contributed by atoms with E-state index in [1.807, 2.05) is 6.92 Å². The van der Waals surface area contributed by atoms with E-state index in [4.69, 9.17) is 14.2 Å². The lowest BCUT2D eigenvalue weighted by Gasteiger charge is -2.15. The third-order valence-corrected chi connectivity index (χ3v) is 1.73. The molecule has 5 heteroatoms. The van der Waals surface area contributed by atoms with Crippen molar-refractivity contribution in [1.29, 1.82) is 0 Å². The third kappa shape index (κ3) is 6.40. The Balaban J connectivity index is 4.18. The van der Waals surface area contributed by atoms with Crippen LogP contribution in [0.1, 0.15) is 33.6 Å². The van der Waals surface area contributed by atoms with E-state index in [2.05, 4.69) is 0 Å². The molecule has 0 saturated carbocycles. The summed E-state index contributed by atoms with van der Waals surface area (Å²) in [6.07, 6.45) is -0.162. The van der Waals surface area contributed by atoms with Gasteiger partial charge >= 0.3 is 11.9 Å². The summed E-state index contributed by atoms with van der Waals surface area (Å²) >= 11 is 0. The van der Waals surface area contributed by atoms with Gasteiger partial charge in [-0.2, -0.15) is 0 Å². The van der Waals surface area contributed by atoms with E-state index in [1.165, 1.54) is 0 Å². The molecule has 0 N–H and O–H groups in total. The fourth-order valence-electron chi connectivity index (χ4n) is 1.08. The van der Waals surface area contributed by atoms with Crippen molar-refractivity contribution in [1.82, 2.24) is 0 Å². The minimum atomic E-state index is -0.848. The average Bonchev–Trinajstić information content (AvgIpc) is 2.24. The Bertz CT molecular complexity index is 214. The van der Waals surface area contributed by atoms with Crippen LogP contribution in [0.5, 0.6) is 0 Å². The molecule has 0 rings (SSSR count). The lowest BCUT2D eigenvalue weighted by Crippen LogP contribution is -2.30. The quantitative estimate of drug-likeness (QED) is 0.590. The van der Waals surface area contributed by atoms with Crippen molar-refractivity contribution in [2.24, 2.45) is 0 Å². The number of ether oxygens (including phenoxy) is 3. The summed E-state index contributed by atoms with van der Waals surface area (Å²) in [7, 11) is 0. The van der Waals surface area contributed by atoms with Crippen molar-refractivity contribution in [2.45, 2.75) is 39.7 Å². The van der Waals surface area contributed by atoms with Crippen molar-refractivity contribution < 1.29 is 23.8 Å². The summed E-state index contributed by atoms with van der Waals surface area (Å²) in [5, 5.41) is 0. The van der Waals surface area contributed by atoms with E-state index in [9.17, 15) is 9.59 Å². The molecule has 0 aliphatic rings. The first kappa shape index (κ1) is 14.9. The van der Waals surface area contributed by atoms with Crippen LogP contribution in [-0.4, -0.2) is 37.9 Å². The number of hydrogen-bond acceptors (Lipinski definition) is 5. The first-order valence-corrected chi connectivity index (χ1v) is 5.59. The maximum Gasteiger partial charge on any atom is 0.335 e. The maximum atomic E-state index is 11.4. The van der Waals surface area contributed by atoms with Crippen molar-refractivity contribution in [3.8, 4) is 0 Å². The van der Waals surface area contributed by atoms with Crippen LogP contribution in [-0.2, 0) is 23.8 Å². The Hall–Kier alpha value is -1.10. The second kappa shape index (κ2) is 9.15. The SMILES string of the molecule is CCCOC(CC(=O)OCC)C(=O)OCC. The van der Waals surface area contributed by atoms with E-state index >= 15 is 0 Å². The molecule has 5 nitrogen and oxygen atoms in total. The summed E-state index contributed by atoms with van der Waals surface area (Å²) in [5.41, 5.74) is 0. The molecule has 16 heavy (non-hydrogen) atoms. The topological polar surface area (TPSA) is 61.8 Å². The molecule has 1 atom stereocenters. The Kier molecular flexibility index (Phi) is 8.52. The van der Waals surface area contributed by atoms with Gasteiger partial charge < -0.3 is 14.2 Å². The second-order valence-corrected chi connectivity index (χ2v) is 3.12. The molecule has 0 aliphatic carbocycles. The highest BCUT2D eigenvalue weighted by molar-refractivity contribution is 5.81. The summed E-state index contributed by atoms with van der Waals surface area (Å²) in [4.78, 5) is 22.6. The van der Waals surface area contributed by atoms with Gasteiger partial charge in [-0.15, -0.1) is 0 Å². The molecule has 0 spiro atoms. The Morgan fingerprint density at radius 3 is 2.19 bits per heavy atom. The fourth-order valence-corrected chi connectivity index (χ4v) is 1.08. The molecular weight excluding hydrogens is 212 g/mol. The predicted octanol–water partition coefficient (Wildman–Crippen LogP) is 1.30.